The van der Waals surface area contributed by atoms with Crippen LogP contribution >= 0.6 is 11.6 Å². The van der Waals surface area contributed by atoms with Gasteiger partial charge in [-0.15, -0.1) is 0 Å². The number of phenols is 1. The normalized spacial score (nSPS) is 18.4. The summed E-state index contributed by atoms with van der Waals surface area (Å²) in [4.78, 5) is 1.82. The predicted molar refractivity (Wildman–Crippen MR) is 123 cm³/mol. The van der Waals surface area contributed by atoms with Crippen LogP contribution in [-0.4, -0.2) is 59.0 Å². The van der Waals surface area contributed by atoms with Gasteiger partial charge in [-0.05, 0) is 31.9 Å². The third-order valence-corrected chi connectivity index (χ3v) is 8.46. The van der Waals surface area contributed by atoms with Gasteiger partial charge in [0.25, 0.3) is 0 Å². The minimum absolute atomic E-state index is 0.0119. The largest absolute Gasteiger partial charge is 0.504 e. The van der Waals surface area contributed by atoms with Crippen LogP contribution in [0, 0.1) is 18.6 Å². The summed E-state index contributed by atoms with van der Waals surface area (Å²) in [5.41, 5.74) is -2.28. The molecule has 2 heterocycles. The topological polar surface area (TPSA) is 78.7 Å². The number of phenolic OH excluding ortho intramolecular Hbond substituents is 1. The molecule has 1 aromatic heterocycles. The number of rotatable bonds is 3. The fraction of sp³-hybridized carbons (Fsp3) is 0.409. The summed E-state index contributed by atoms with van der Waals surface area (Å²) >= 11 is 5.52. The summed E-state index contributed by atoms with van der Waals surface area (Å²) < 4.78 is 96.8. The Hall–Kier alpha value is -2.64. The molecule has 3 aromatic rings. The lowest BCUT2D eigenvalue weighted by molar-refractivity contribution is -0.137. The molecule has 7 nitrogen and oxygen atoms in total. The third-order valence-electron chi connectivity index (χ3n) is 6.83. The Balaban J connectivity index is 1.63. The fourth-order valence-corrected chi connectivity index (χ4v) is 5.94. The highest BCUT2D eigenvalue weighted by Crippen LogP contribution is 2.48. The second-order valence-corrected chi connectivity index (χ2v) is 11.6. The first kappa shape index (κ1) is 25.0. The van der Waals surface area contributed by atoms with Crippen LogP contribution in [0.1, 0.15) is 24.1 Å². The molecule has 5 rings (SSSR count). The number of hydrogen-bond donors (Lipinski definition) is 1. The number of piperazine rings is 1. The van der Waals surface area contributed by atoms with Crippen molar-refractivity contribution in [1.82, 2.24) is 14.1 Å². The van der Waals surface area contributed by atoms with Gasteiger partial charge < -0.3 is 10.0 Å². The van der Waals surface area contributed by atoms with Crippen molar-refractivity contribution in [2.45, 2.75) is 31.5 Å². The zero-order valence-corrected chi connectivity index (χ0v) is 20.6. The third kappa shape index (κ3) is 3.88. The Bertz CT molecular complexity index is 1520. The molecule has 0 bridgehead atoms. The number of nitrogens with zero attached hydrogens (tertiary/aromatic N) is 4. The van der Waals surface area contributed by atoms with E-state index >= 15 is 4.39 Å². The van der Waals surface area contributed by atoms with Crippen LogP contribution < -0.4 is 4.90 Å². The Labute approximate surface area is 207 Å². The molecule has 36 heavy (non-hydrogen) atoms. The van der Waals surface area contributed by atoms with Crippen LogP contribution in [0.25, 0.3) is 16.6 Å². The average molecular weight is 551 g/mol. The highest BCUT2D eigenvalue weighted by Gasteiger charge is 2.53. The van der Waals surface area contributed by atoms with Crippen molar-refractivity contribution in [3.63, 3.8) is 0 Å². The quantitative estimate of drug-likeness (QED) is 0.482. The van der Waals surface area contributed by atoms with Crippen LogP contribution in [0.4, 0.5) is 27.6 Å². The minimum atomic E-state index is -4.99. The van der Waals surface area contributed by atoms with Crippen LogP contribution in [0.2, 0.25) is 5.02 Å². The molecule has 1 spiro atoms. The minimum Gasteiger partial charge on any atom is -0.504 e. The first-order chi connectivity index (χ1) is 16.6. The molecule has 1 aliphatic carbocycles. The van der Waals surface area contributed by atoms with Crippen molar-refractivity contribution in [1.29, 1.82) is 0 Å². The van der Waals surface area contributed by atoms with Gasteiger partial charge in [-0.1, -0.05) is 11.6 Å². The lowest BCUT2D eigenvalue weighted by Crippen LogP contribution is -2.56. The number of benzene rings is 2. The van der Waals surface area contributed by atoms with Crippen LogP contribution in [0.3, 0.4) is 0 Å². The SMILES string of the molecule is Cc1nn(-c2cc(C(F)(F)F)c(Cl)c(O)c2F)c2cc(F)c(N3CCN(S(C)(=O)=O)CC34CC4)cc12. The Morgan fingerprint density at radius 1 is 1.11 bits per heavy atom. The lowest BCUT2D eigenvalue weighted by Gasteiger charge is -2.42. The maximum atomic E-state index is 15.5. The number of aromatic hydroxyl groups is 1. The summed E-state index contributed by atoms with van der Waals surface area (Å²) in [6, 6.07) is 2.94. The van der Waals surface area contributed by atoms with Crippen molar-refractivity contribution >= 4 is 38.2 Å². The van der Waals surface area contributed by atoms with E-state index in [1.54, 1.807) is 0 Å². The molecule has 14 heteroatoms. The van der Waals surface area contributed by atoms with Crippen molar-refractivity contribution in [3.8, 4) is 11.4 Å². The van der Waals surface area contributed by atoms with E-state index in [0.29, 0.717) is 24.3 Å². The van der Waals surface area contributed by atoms with E-state index in [1.165, 1.54) is 17.3 Å². The molecule has 1 saturated heterocycles. The van der Waals surface area contributed by atoms with Gasteiger partial charge in [0.05, 0.1) is 39.3 Å². The van der Waals surface area contributed by atoms with Crippen LogP contribution in [0.5, 0.6) is 5.75 Å². The molecule has 0 amide bonds. The zero-order chi connectivity index (χ0) is 26.4. The predicted octanol–water partition coefficient (Wildman–Crippen LogP) is 4.60. The van der Waals surface area contributed by atoms with E-state index in [0.717, 1.165) is 17.0 Å². The molecular formula is C22H20ClF5N4O3S. The highest BCUT2D eigenvalue weighted by molar-refractivity contribution is 7.88. The van der Waals surface area contributed by atoms with E-state index in [1.807, 2.05) is 4.90 Å². The number of alkyl halides is 3. The molecule has 1 aliphatic heterocycles. The zero-order valence-electron chi connectivity index (χ0n) is 19.0. The molecule has 0 atom stereocenters. The summed E-state index contributed by atoms with van der Waals surface area (Å²) in [5.74, 6) is -3.55. The molecule has 194 valence electrons. The summed E-state index contributed by atoms with van der Waals surface area (Å²) in [5, 5.41) is 13.2. The number of aromatic nitrogens is 2. The number of fused-ring (bicyclic) bond motifs is 1. The van der Waals surface area contributed by atoms with Crippen LogP contribution in [0.15, 0.2) is 18.2 Å². The van der Waals surface area contributed by atoms with Crippen molar-refractivity contribution in [2.24, 2.45) is 0 Å². The van der Waals surface area contributed by atoms with Crippen molar-refractivity contribution < 1.29 is 35.5 Å². The standard InChI is InChI=1S/C22H20ClF5N4O3S/c1-11-12-7-16(31-6-5-30(36(2,34)35)10-21(31)3-4-21)14(24)9-15(12)32(29-11)17-8-13(22(26,27)28)18(23)20(33)19(17)25/h7-9,33H,3-6,10H2,1-2H3. The maximum Gasteiger partial charge on any atom is 0.418 e. The van der Waals surface area contributed by atoms with Gasteiger partial charge in [0.2, 0.25) is 10.0 Å². The molecule has 2 aliphatic rings. The Kier molecular flexibility index (Phi) is 5.51. The molecular weight excluding hydrogens is 531 g/mol. The van der Waals surface area contributed by atoms with E-state index in [2.05, 4.69) is 5.10 Å². The Morgan fingerprint density at radius 3 is 2.36 bits per heavy atom. The molecule has 1 saturated carbocycles. The van der Waals surface area contributed by atoms with E-state index in [4.69, 9.17) is 11.6 Å². The molecule has 2 fully saturated rings. The number of anilines is 1. The van der Waals surface area contributed by atoms with Gasteiger partial charge in [0.15, 0.2) is 11.6 Å². The van der Waals surface area contributed by atoms with Gasteiger partial charge in [-0.25, -0.2) is 21.9 Å². The number of aryl methyl sites for hydroxylation is 1. The molecule has 1 N–H and O–H groups in total. The number of halogens is 6. The fourth-order valence-electron chi connectivity index (χ4n) is 4.81. The first-order valence-corrected chi connectivity index (χ1v) is 13.1. The van der Waals surface area contributed by atoms with Gasteiger partial charge in [0, 0.05) is 31.1 Å². The lowest BCUT2D eigenvalue weighted by atomic mass is 10.1. The van der Waals surface area contributed by atoms with Crippen molar-refractivity contribution in [3.05, 3.63) is 46.1 Å². The maximum absolute atomic E-state index is 15.5. The summed E-state index contributed by atoms with van der Waals surface area (Å²) in [6.45, 7) is 2.17. The molecule has 2 aromatic carbocycles. The van der Waals surface area contributed by atoms with E-state index in [-0.39, 0.29) is 36.5 Å². The van der Waals surface area contributed by atoms with Crippen LogP contribution in [-0.2, 0) is 16.2 Å². The second-order valence-electron chi connectivity index (χ2n) is 9.21. The number of sulfonamides is 1. The smallest absolute Gasteiger partial charge is 0.418 e. The summed E-state index contributed by atoms with van der Waals surface area (Å²) in [6.07, 6.45) is -2.52. The van der Waals surface area contributed by atoms with Gasteiger partial charge >= 0.3 is 6.18 Å². The van der Waals surface area contributed by atoms with Gasteiger partial charge in [0.1, 0.15) is 11.5 Å². The molecule has 0 unspecified atom stereocenters. The average Bonchev–Trinajstić information content (AvgIpc) is 3.46. The molecule has 0 radical (unpaired) electrons. The summed E-state index contributed by atoms with van der Waals surface area (Å²) in [7, 11) is -3.41. The van der Waals surface area contributed by atoms with Gasteiger partial charge in [-0.3, -0.25) is 0 Å². The van der Waals surface area contributed by atoms with E-state index < -0.39 is 55.4 Å². The second kappa shape index (κ2) is 7.93. The first-order valence-electron chi connectivity index (χ1n) is 10.8. The van der Waals surface area contributed by atoms with Crippen molar-refractivity contribution in [2.75, 3.05) is 30.8 Å². The number of hydrogen-bond acceptors (Lipinski definition) is 5. The Morgan fingerprint density at radius 2 is 1.78 bits per heavy atom. The highest BCUT2D eigenvalue weighted by atomic mass is 35.5. The van der Waals surface area contributed by atoms with Gasteiger partial charge in [-0.2, -0.15) is 22.6 Å². The monoisotopic (exact) mass is 550 g/mol. The van der Waals surface area contributed by atoms with E-state index in [9.17, 15) is 31.1 Å².